The fraction of sp³-hybridized carbons (Fsp3) is 0.276. The Morgan fingerprint density at radius 1 is 0.889 bits per heavy atom. The molecule has 0 spiro atoms. The van der Waals surface area contributed by atoms with E-state index in [4.69, 9.17) is 10.7 Å². The van der Waals surface area contributed by atoms with Gasteiger partial charge in [-0.25, -0.2) is 4.99 Å². The zero-order valence-electron chi connectivity index (χ0n) is 20.2. The molecule has 0 atom stereocenters. The van der Waals surface area contributed by atoms with E-state index in [9.17, 15) is 9.59 Å². The van der Waals surface area contributed by atoms with Crippen molar-refractivity contribution in [3.63, 3.8) is 0 Å². The second-order valence-electron chi connectivity index (χ2n) is 9.37. The Bertz CT molecular complexity index is 1180. The molecular formula is C29H31N5O2. The maximum Gasteiger partial charge on any atom is 0.266 e. The number of nitrogens with one attached hydrogen (secondary N) is 1. The zero-order chi connectivity index (χ0) is 25.0. The van der Waals surface area contributed by atoms with Crippen LogP contribution in [0, 0.1) is 5.92 Å². The molecule has 0 aliphatic carbocycles. The van der Waals surface area contributed by atoms with Gasteiger partial charge in [0.05, 0.1) is 6.54 Å². The van der Waals surface area contributed by atoms with Gasteiger partial charge in [-0.3, -0.25) is 14.5 Å². The van der Waals surface area contributed by atoms with Gasteiger partial charge in [0.1, 0.15) is 0 Å². The minimum atomic E-state index is -1.17. The highest BCUT2D eigenvalue weighted by atomic mass is 16.2. The number of carbonyl (C=O) groups excluding carboxylic acids is 2. The van der Waals surface area contributed by atoms with Crippen LogP contribution >= 0.6 is 0 Å². The molecule has 2 heterocycles. The first kappa shape index (κ1) is 23.6. The molecule has 0 unspecified atom stereocenters. The summed E-state index contributed by atoms with van der Waals surface area (Å²) in [7, 11) is 0. The Kier molecular flexibility index (Phi) is 6.71. The second kappa shape index (κ2) is 10.2. The quantitative estimate of drug-likeness (QED) is 0.541. The lowest BCUT2D eigenvalue weighted by molar-refractivity contribution is -0.133. The molecule has 184 valence electrons. The predicted octanol–water partition coefficient (Wildman–Crippen LogP) is 3.44. The van der Waals surface area contributed by atoms with Crippen LogP contribution in [-0.2, 0) is 15.1 Å². The minimum absolute atomic E-state index is 0.0859. The maximum absolute atomic E-state index is 14.0. The van der Waals surface area contributed by atoms with Crippen molar-refractivity contribution in [1.82, 2.24) is 9.80 Å². The summed E-state index contributed by atoms with van der Waals surface area (Å²) < 4.78 is 0. The molecule has 2 amide bonds. The smallest absolute Gasteiger partial charge is 0.266 e. The third kappa shape index (κ3) is 4.56. The van der Waals surface area contributed by atoms with Crippen LogP contribution in [0.2, 0.25) is 0 Å². The van der Waals surface area contributed by atoms with Gasteiger partial charge in [-0.05, 0) is 42.0 Å². The first-order chi connectivity index (χ1) is 17.6. The number of nitrogens with two attached hydrogens (primary N) is 1. The van der Waals surface area contributed by atoms with Crippen LogP contribution in [0.5, 0.6) is 0 Å². The van der Waals surface area contributed by atoms with Gasteiger partial charge < -0.3 is 16.0 Å². The first-order valence-electron chi connectivity index (χ1n) is 12.4. The maximum atomic E-state index is 14.0. The van der Waals surface area contributed by atoms with Gasteiger partial charge in [0.25, 0.3) is 5.91 Å². The third-order valence-corrected chi connectivity index (χ3v) is 7.12. The highest BCUT2D eigenvalue weighted by Gasteiger charge is 2.50. The fourth-order valence-electron chi connectivity index (χ4n) is 5.13. The van der Waals surface area contributed by atoms with Gasteiger partial charge in [0, 0.05) is 25.3 Å². The molecule has 36 heavy (non-hydrogen) atoms. The molecule has 0 aromatic heterocycles. The SMILES string of the molecule is NC1=NC(c2ccccc2)(c2ccccc2)C(=O)N1CC1CCN(C(=O)CNc2ccccc2)CC1. The molecule has 1 saturated heterocycles. The van der Waals surface area contributed by atoms with Crippen molar-refractivity contribution in [3.05, 3.63) is 102 Å². The monoisotopic (exact) mass is 481 g/mol. The van der Waals surface area contributed by atoms with Crippen LogP contribution in [-0.4, -0.2) is 53.8 Å². The van der Waals surface area contributed by atoms with Gasteiger partial charge in [-0.1, -0.05) is 78.9 Å². The van der Waals surface area contributed by atoms with E-state index in [-0.39, 0.29) is 30.2 Å². The number of amides is 2. The first-order valence-corrected chi connectivity index (χ1v) is 12.4. The molecule has 7 nitrogen and oxygen atoms in total. The Labute approximate surface area is 211 Å². The van der Waals surface area contributed by atoms with E-state index < -0.39 is 5.54 Å². The zero-order valence-corrected chi connectivity index (χ0v) is 20.2. The van der Waals surface area contributed by atoms with Gasteiger partial charge in [0.15, 0.2) is 11.5 Å². The minimum Gasteiger partial charge on any atom is -0.376 e. The Morgan fingerprint density at radius 3 is 1.97 bits per heavy atom. The van der Waals surface area contributed by atoms with Crippen molar-refractivity contribution >= 4 is 23.5 Å². The summed E-state index contributed by atoms with van der Waals surface area (Å²) in [5.41, 5.74) is 7.76. The van der Waals surface area contributed by atoms with Crippen molar-refractivity contribution < 1.29 is 9.59 Å². The normalized spacial score (nSPS) is 17.7. The third-order valence-electron chi connectivity index (χ3n) is 7.12. The lowest BCUT2D eigenvalue weighted by Gasteiger charge is -2.34. The van der Waals surface area contributed by atoms with Crippen LogP contribution in [0.4, 0.5) is 5.69 Å². The van der Waals surface area contributed by atoms with Crippen LogP contribution in [0.1, 0.15) is 24.0 Å². The number of likely N-dealkylation sites (tertiary alicyclic amines) is 1. The molecule has 0 saturated carbocycles. The number of hydrogen-bond donors (Lipinski definition) is 2. The molecule has 7 heteroatoms. The topological polar surface area (TPSA) is 91.0 Å². The summed E-state index contributed by atoms with van der Waals surface area (Å²) in [6.07, 6.45) is 1.63. The number of aliphatic imine (C=N–C) groups is 1. The van der Waals surface area contributed by atoms with E-state index in [0.717, 1.165) is 29.7 Å². The fourth-order valence-corrected chi connectivity index (χ4v) is 5.13. The van der Waals surface area contributed by atoms with Gasteiger partial charge in [-0.15, -0.1) is 0 Å². The summed E-state index contributed by atoms with van der Waals surface area (Å²) in [6, 6.07) is 29.0. The second-order valence-corrected chi connectivity index (χ2v) is 9.37. The summed E-state index contributed by atoms with van der Waals surface area (Å²) in [4.78, 5) is 35.0. The molecule has 2 aliphatic rings. The highest BCUT2D eigenvalue weighted by molar-refractivity contribution is 6.09. The number of para-hydroxylation sites is 1. The molecule has 3 N–H and O–H groups in total. The molecule has 3 aromatic carbocycles. The Morgan fingerprint density at radius 2 is 1.42 bits per heavy atom. The van der Waals surface area contributed by atoms with E-state index in [1.54, 1.807) is 4.90 Å². The number of guanidine groups is 1. The van der Waals surface area contributed by atoms with Gasteiger partial charge >= 0.3 is 0 Å². The molecule has 0 bridgehead atoms. The van der Waals surface area contributed by atoms with E-state index in [1.807, 2.05) is 95.9 Å². The molecule has 0 radical (unpaired) electrons. The van der Waals surface area contributed by atoms with Crippen LogP contribution in [0.3, 0.4) is 0 Å². The standard InChI is InChI=1S/C29H31N5O2/c30-28-32-29(23-10-4-1-5-11-23,24-12-6-2-7-13-24)27(36)34(28)21-22-16-18-33(19-17-22)26(35)20-31-25-14-8-3-9-15-25/h1-15,22,31H,16-21H2,(H2,30,32). The Balaban J connectivity index is 1.24. The van der Waals surface area contributed by atoms with Crippen molar-refractivity contribution in [2.24, 2.45) is 16.6 Å². The summed E-state index contributed by atoms with van der Waals surface area (Å²) in [6.45, 7) is 2.11. The Hall–Kier alpha value is -4.13. The summed E-state index contributed by atoms with van der Waals surface area (Å²) in [5, 5.41) is 3.19. The van der Waals surface area contributed by atoms with Crippen LogP contribution in [0.25, 0.3) is 0 Å². The average Bonchev–Trinajstić information content (AvgIpc) is 3.19. The van der Waals surface area contributed by atoms with Crippen molar-refractivity contribution in [2.75, 3.05) is 31.5 Å². The van der Waals surface area contributed by atoms with Gasteiger partial charge in [-0.2, -0.15) is 0 Å². The number of piperidine rings is 1. The summed E-state index contributed by atoms with van der Waals surface area (Å²) >= 11 is 0. The number of anilines is 1. The van der Waals surface area contributed by atoms with Crippen molar-refractivity contribution in [3.8, 4) is 0 Å². The molecule has 5 rings (SSSR count). The largest absolute Gasteiger partial charge is 0.376 e. The molecular weight excluding hydrogens is 450 g/mol. The van der Waals surface area contributed by atoms with Crippen LogP contribution in [0.15, 0.2) is 96.0 Å². The van der Waals surface area contributed by atoms with E-state index in [1.165, 1.54) is 0 Å². The van der Waals surface area contributed by atoms with E-state index in [0.29, 0.717) is 19.6 Å². The van der Waals surface area contributed by atoms with Crippen molar-refractivity contribution in [2.45, 2.75) is 18.4 Å². The molecule has 2 aliphatic heterocycles. The molecule has 3 aromatic rings. The average molecular weight is 482 g/mol. The number of benzene rings is 3. The van der Waals surface area contributed by atoms with E-state index >= 15 is 0 Å². The number of carbonyl (C=O) groups is 2. The van der Waals surface area contributed by atoms with Gasteiger partial charge in [0.2, 0.25) is 5.91 Å². The van der Waals surface area contributed by atoms with E-state index in [2.05, 4.69) is 5.32 Å². The number of rotatable bonds is 7. The highest BCUT2D eigenvalue weighted by Crippen LogP contribution is 2.40. The lowest BCUT2D eigenvalue weighted by Crippen LogP contribution is -2.48. The predicted molar refractivity (Wildman–Crippen MR) is 141 cm³/mol. The molecule has 1 fully saturated rings. The lowest BCUT2D eigenvalue weighted by atomic mass is 9.82. The van der Waals surface area contributed by atoms with Crippen LogP contribution < -0.4 is 11.1 Å². The number of hydrogen-bond acceptors (Lipinski definition) is 5. The summed E-state index contributed by atoms with van der Waals surface area (Å²) in [5.74, 6) is 0.459. The number of nitrogens with zero attached hydrogens (tertiary/aromatic N) is 3. The van der Waals surface area contributed by atoms with Crippen molar-refractivity contribution in [1.29, 1.82) is 0 Å².